The molecule has 0 unspecified atom stereocenters. The van der Waals surface area contributed by atoms with Crippen LogP contribution in [0, 0.1) is 0 Å². The molecule has 0 aliphatic heterocycles. The molecule has 0 heterocycles. The van der Waals surface area contributed by atoms with Crippen molar-refractivity contribution >= 4 is 21.8 Å². The first kappa shape index (κ1) is 16.1. The number of anilines is 1. The average Bonchev–Trinajstić information content (AvgIpc) is 2.53. The first-order chi connectivity index (χ1) is 10.5. The molecule has 0 aliphatic carbocycles. The highest BCUT2D eigenvalue weighted by Crippen LogP contribution is 2.20. The van der Waals surface area contributed by atoms with Gasteiger partial charge in [0.05, 0.1) is 18.6 Å². The number of aliphatic hydroxyl groups is 1. The van der Waals surface area contributed by atoms with Crippen molar-refractivity contribution in [2.75, 3.05) is 18.4 Å². The zero-order valence-electron chi connectivity index (χ0n) is 12.1. The molecule has 5 nitrogen and oxygen atoms in total. The smallest absolute Gasteiger partial charge is 0.261 e. The van der Waals surface area contributed by atoms with E-state index in [0.717, 1.165) is 5.56 Å². The third kappa shape index (κ3) is 4.09. The molecule has 2 aromatic carbocycles. The van der Waals surface area contributed by atoms with Crippen molar-refractivity contribution in [1.29, 1.82) is 0 Å². The minimum absolute atomic E-state index is 0.0677. The molecule has 0 aliphatic rings. The molecule has 2 aromatic rings. The van der Waals surface area contributed by atoms with E-state index in [0.29, 0.717) is 11.4 Å². The van der Waals surface area contributed by atoms with Crippen LogP contribution in [0.15, 0.2) is 59.5 Å². The van der Waals surface area contributed by atoms with Gasteiger partial charge in [0.15, 0.2) is 0 Å². The maximum atomic E-state index is 12.3. The highest BCUT2D eigenvalue weighted by molar-refractivity contribution is 7.92. The van der Waals surface area contributed by atoms with Crippen molar-refractivity contribution in [3.8, 4) is 5.75 Å². The fraction of sp³-hybridized carbons (Fsp3) is 0.125. The van der Waals surface area contributed by atoms with E-state index < -0.39 is 10.0 Å². The van der Waals surface area contributed by atoms with E-state index in [4.69, 9.17) is 9.84 Å². The Morgan fingerprint density at radius 1 is 1.18 bits per heavy atom. The van der Waals surface area contributed by atoms with Gasteiger partial charge in [0.2, 0.25) is 0 Å². The Hall–Kier alpha value is -2.31. The van der Waals surface area contributed by atoms with E-state index >= 15 is 0 Å². The van der Waals surface area contributed by atoms with Crippen LogP contribution in [0.2, 0.25) is 0 Å². The number of hydrogen-bond donors (Lipinski definition) is 2. The number of nitrogens with one attached hydrogen (secondary N) is 1. The highest BCUT2D eigenvalue weighted by atomic mass is 32.2. The molecule has 0 saturated carbocycles. The predicted octanol–water partition coefficient (Wildman–Crippen LogP) is 2.50. The number of hydrogen-bond acceptors (Lipinski definition) is 4. The van der Waals surface area contributed by atoms with Crippen LogP contribution in [0.25, 0.3) is 6.08 Å². The van der Waals surface area contributed by atoms with Gasteiger partial charge in [-0.3, -0.25) is 4.72 Å². The summed E-state index contributed by atoms with van der Waals surface area (Å²) in [5.41, 5.74) is 1.25. The lowest BCUT2D eigenvalue weighted by molar-refractivity contribution is 0.343. The fourth-order valence-corrected chi connectivity index (χ4v) is 2.91. The normalized spacial score (nSPS) is 11.5. The number of methoxy groups -OCH3 is 1. The van der Waals surface area contributed by atoms with Crippen LogP contribution in [0.3, 0.4) is 0 Å². The minimum atomic E-state index is -3.65. The van der Waals surface area contributed by atoms with Gasteiger partial charge >= 0.3 is 0 Å². The Morgan fingerprint density at radius 2 is 1.91 bits per heavy atom. The first-order valence-corrected chi connectivity index (χ1v) is 8.08. The molecule has 0 aromatic heterocycles. The van der Waals surface area contributed by atoms with E-state index in [2.05, 4.69) is 4.72 Å². The van der Waals surface area contributed by atoms with Crippen molar-refractivity contribution in [2.45, 2.75) is 4.90 Å². The standard InChI is InChI=1S/C16H17NO4S/c1-21-15-7-9-16(10-8-15)22(19,20)17-14-6-2-4-13(12-14)5-3-11-18/h2-10,12,17-18H,11H2,1H3/b5-3+. The SMILES string of the molecule is COc1ccc(S(=O)(=O)Nc2cccc(/C=C/CO)c2)cc1. The van der Waals surface area contributed by atoms with Crippen LogP contribution in [0.5, 0.6) is 5.75 Å². The lowest BCUT2D eigenvalue weighted by Crippen LogP contribution is -2.12. The summed E-state index contributed by atoms with van der Waals surface area (Å²) in [6.07, 6.45) is 3.29. The Balaban J connectivity index is 2.22. The Labute approximate surface area is 129 Å². The second-order valence-corrected chi connectivity index (χ2v) is 6.17. The fourth-order valence-electron chi connectivity index (χ4n) is 1.86. The van der Waals surface area contributed by atoms with E-state index in [1.165, 1.54) is 19.2 Å². The summed E-state index contributed by atoms with van der Waals surface area (Å²) in [6, 6.07) is 13.1. The molecule has 0 bridgehead atoms. The van der Waals surface area contributed by atoms with Gasteiger partial charge in [0.25, 0.3) is 10.0 Å². The van der Waals surface area contributed by atoms with Crippen molar-refractivity contribution in [1.82, 2.24) is 0 Å². The van der Waals surface area contributed by atoms with Crippen molar-refractivity contribution in [2.24, 2.45) is 0 Å². The maximum Gasteiger partial charge on any atom is 0.261 e. The summed E-state index contributed by atoms with van der Waals surface area (Å²) < 4.78 is 32.2. The van der Waals surface area contributed by atoms with Gasteiger partial charge < -0.3 is 9.84 Å². The number of benzene rings is 2. The molecule has 116 valence electrons. The predicted molar refractivity (Wildman–Crippen MR) is 86.4 cm³/mol. The Morgan fingerprint density at radius 3 is 2.55 bits per heavy atom. The lowest BCUT2D eigenvalue weighted by Gasteiger charge is -2.09. The molecule has 2 N–H and O–H groups in total. The summed E-state index contributed by atoms with van der Waals surface area (Å²) in [4.78, 5) is 0.157. The molecule has 2 rings (SSSR count). The van der Waals surface area contributed by atoms with Gasteiger partial charge in [-0.15, -0.1) is 0 Å². The van der Waals surface area contributed by atoms with Crippen LogP contribution in [-0.4, -0.2) is 27.2 Å². The third-order valence-electron chi connectivity index (χ3n) is 2.92. The number of rotatable bonds is 6. The van der Waals surface area contributed by atoms with E-state index in [9.17, 15) is 8.42 Å². The largest absolute Gasteiger partial charge is 0.497 e. The molecule has 6 heteroatoms. The van der Waals surface area contributed by atoms with Gasteiger partial charge in [-0.1, -0.05) is 24.3 Å². The molecule has 0 saturated heterocycles. The monoisotopic (exact) mass is 319 g/mol. The summed E-state index contributed by atoms with van der Waals surface area (Å²) >= 11 is 0. The number of ether oxygens (including phenoxy) is 1. The number of sulfonamides is 1. The molecule has 0 radical (unpaired) electrons. The molecular weight excluding hydrogens is 302 g/mol. The first-order valence-electron chi connectivity index (χ1n) is 6.59. The van der Waals surface area contributed by atoms with E-state index in [1.807, 2.05) is 6.07 Å². The van der Waals surface area contributed by atoms with Crippen molar-refractivity contribution < 1.29 is 18.3 Å². The molecule has 22 heavy (non-hydrogen) atoms. The van der Waals surface area contributed by atoms with Crippen molar-refractivity contribution in [3.63, 3.8) is 0 Å². The van der Waals surface area contributed by atoms with Crippen LogP contribution in [0.1, 0.15) is 5.56 Å². The molecular formula is C16H17NO4S. The van der Waals surface area contributed by atoms with Gasteiger partial charge in [0, 0.05) is 5.69 Å². The van der Waals surface area contributed by atoms with Gasteiger partial charge in [-0.25, -0.2) is 8.42 Å². The Bertz CT molecular complexity index is 752. The summed E-state index contributed by atoms with van der Waals surface area (Å²) in [6.45, 7) is -0.0677. The van der Waals surface area contributed by atoms with Crippen LogP contribution in [0.4, 0.5) is 5.69 Å². The highest BCUT2D eigenvalue weighted by Gasteiger charge is 2.14. The van der Waals surface area contributed by atoms with Crippen LogP contribution < -0.4 is 9.46 Å². The minimum Gasteiger partial charge on any atom is -0.497 e. The van der Waals surface area contributed by atoms with Gasteiger partial charge in [-0.2, -0.15) is 0 Å². The van der Waals surface area contributed by atoms with E-state index in [-0.39, 0.29) is 11.5 Å². The molecule has 0 amide bonds. The topological polar surface area (TPSA) is 75.6 Å². The summed E-state index contributed by atoms with van der Waals surface area (Å²) in [7, 11) is -2.13. The van der Waals surface area contributed by atoms with Crippen LogP contribution >= 0.6 is 0 Å². The second-order valence-electron chi connectivity index (χ2n) is 4.49. The molecule has 0 atom stereocenters. The second kappa shape index (κ2) is 7.11. The van der Waals surface area contributed by atoms with Crippen LogP contribution in [-0.2, 0) is 10.0 Å². The summed E-state index contributed by atoms with van der Waals surface area (Å²) in [5, 5.41) is 8.77. The number of aliphatic hydroxyl groups excluding tert-OH is 1. The van der Waals surface area contributed by atoms with Gasteiger partial charge in [-0.05, 0) is 42.0 Å². The van der Waals surface area contributed by atoms with Gasteiger partial charge in [0.1, 0.15) is 5.75 Å². The van der Waals surface area contributed by atoms with E-state index in [1.54, 1.807) is 42.5 Å². The zero-order valence-corrected chi connectivity index (χ0v) is 12.9. The zero-order chi connectivity index (χ0) is 16.0. The lowest BCUT2D eigenvalue weighted by atomic mass is 10.2. The third-order valence-corrected chi connectivity index (χ3v) is 4.32. The maximum absolute atomic E-state index is 12.3. The molecule has 0 fully saturated rings. The molecule has 0 spiro atoms. The Kier molecular flexibility index (Phi) is 5.19. The quantitative estimate of drug-likeness (QED) is 0.858. The average molecular weight is 319 g/mol. The summed E-state index contributed by atoms with van der Waals surface area (Å²) in [5.74, 6) is 0.593. The van der Waals surface area contributed by atoms with Crippen molar-refractivity contribution in [3.05, 3.63) is 60.2 Å².